The first-order valence-corrected chi connectivity index (χ1v) is 12.1. The first kappa shape index (κ1) is 21.2. The van der Waals surface area contributed by atoms with Crippen LogP contribution in [0.4, 0.5) is 5.69 Å². The molecule has 0 radical (unpaired) electrons. The minimum absolute atomic E-state index is 0.566. The molecule has 0 saturated carbocycles. The Hall–Kier alpha value is -2.62. The highest BCUT2D eigenvalue weighted by molar-refractivity contribution is 5.58. The van der Waals surface area contributed by atoms with Crippen molar-refractivity contribution in [2.75, 3.05) is 38.1 Å². The highest BCUT2D eigenvalue weighted by atomic mass is 15.2. The third-order valence-corrected chi connectivity index (χ3v) is 7.25. The molecule has 0 N–H and O–H groups in total. The van der Waals surface area contributed by atoms with Crippen molar-refractivity contribution in [3.8, 4) is 0 Å². The van der Waals surface area contributed by atoms with Gasteiger partial charge in [-0.2, -0.15) is 0 Å². The molecule has 3 heteroatoms. The van der Waals surface area contributed by atoms with E-state index in [0.29, 0.717) is 6.04 Å². The van der Waals surface area contributed by atoms with Gasteiger partial charge in [-0.15, -0.1) is 0 Å². The van der Waals surface area contributed by atoms with Crippen LogP contribution >= 0.6 is 0 Å². The highest BCUT2D eigenvalue weighted by Crippen LogP contribution is 2.34. The molecule has 0 spiro atoms. The summed E-state index contributed by atoms with van der Waals surface area (Å²) in [6, 6.07) is 29.5. The summed E-state index contributed by atoms with van der Waals surface area (Å²) < 4.78 is 0. The van der Waals surface area contributed by atoms with Gasteiger partial charge >= 0.3 is 0 Å². The minimum atomic E-state index is 0.566. The van der Waals surface area contributed by atoms with Crippen LogP contribution < -0.4 is 4.90 Å². The number of hydrogen-bond donors (Lipinski definition) is 0. The van der Waals surface area contributed by atoms with E-state index in [9.17, 15) is 0 Å². The van der Waals surface area contributed by atoms with Gasteiger partial charge in [0.05, 0.1) is 0 Å². The van der Waals surface area contributed by atoms with E-state index >= 15 is 0 Å². The molecular formula is C29H35N3. The lowest BCUT2D eigenvalue weighted by molar-refractivity contribution is 0.162. The van der Waals surface area contributed by atoms with Gasteiger partial charge in [0.15, 0.2) is 0 Å². The first-order chi connectivity index (χ1) is 15.8. The van der Waals surface area contributed by atoms with Crippen LogP contribution in [0, 0.1) is 0 Å². The molecule has 1 fully saturated rings. The number of piperazine rings is 1. The molecular weight excluding hydrogens is 390 g/mol. The maximum absolute atomic E-state index is 2.72. The highest BCUT2D eigenvalue weighted by Gasteiger charge is 2.28. The van der Waals surface area contributed by atoms with Gasteiger partial charge in [-0.05, 0) is 54.6 Å². The summed E-state index contributed by atoms with van der Waals surface area (Å²) >= 11 is 0. The van der Waals surface area contributed by atoms with E-state index in [-0.39, 0.29) is 0 Å². The SMILES string of the molecule is CN1CCN(c2cccc3c2C[C@H](N(Cc2ccccc2)Cc2ccccc2)CC3)CC1. The second-order valence-electron chi connectivity index (χ2n) is 9.48. The molecule has 166 valence electrons. The van der Waals surface area contributed by atoms with E-state index in [2.05, 4.69) is 101 Å². The lowest BCUT2D eigenvalue weighted by Gasteiger charge is -2.39. The van der Waals surface area contributed by atoms with Crippen LogP contribution in [0.5, 0.6) is 0 Å². The normalized spacial score (nSPS) is 19.2. The van der Waals surface area contributed by atoms with Crippen molar-refractivity contribution < 1.29 is 0 Å². The quantitative estimate of drug-likeness (QED) is 0.550. The Bertz CT molecular complexity index is 952. The minimum Gasteiger partial charge on any atom is -0.369 e. The molecule has 5 rings (SSSR count). The number of nitrogens with zero attached hydrogens (tertiary/aromatic N) is 3. The number of rotatable bonds is 6. The van der Waals surface area contributed by atoms with E-state index in [4.69, 9.17) is 0 Å². The molecule has 2 aliphatic rings. The molecule has 3 aromatic carbocycles. The number of aryl methyl sites for hydroxylation is 1. The van der Waals surface area contributed by atoms with Crippen LogP contribution in [0.25, 0.3) is 0 Å². The number of hydrogen-bond acceptors (Lipinski definition) is 3. The standard InChI is InChI=1S/C29H35N3/c1-30-17-19-31(20-18-30)29-14-8-13-26-15-16-27(21-28(26)29)32(22-24-9-4-2-5-10-24)23-25-11-6-3-7-12-25/h2-14,27H,15-23H2,1H3/t27-/m1/s1. The zero-order valence-electron chi connectivity index (χ0n) is 19.3. The van der Waals surface area contributed by atoms with Crippen LogP contribution in [0.1, 0.15) is 28.7 Å². The second kappa shape index (κ2) is 9.89. The second-order valence-corrected chi connectivity index (χ2v) is 9.48. The Morgan fingerprint density at radius 2 is 1.38 bits per heavy atom. The smallest absolute Gasteiger partial charge is 0.0403 e. The van der Waals surface area contributed by atoms with E-state index in [1.807, 2.05) is 0 Å². The summed E-state index contributed by atoms with van der Waals surface area (Å²) in [5, 5.41) is 0. The van der Waals surface area contributed by atoms with Gasteiger partial charge < -0.3 is 9.80 Å². The topological polar surface area (TPSA) is 9.72 Å². The number of fused-ring (bicyclic) bond motifs is 1. The number of benzene rings is 3. The summed E-state index contributed by atoms with van der Waals surface area (Å²) in [6.07, 6.45) is 3.57. The fourth-order valence-corrected chi connectivity index (χ4v) is 5.36. The monoisotopic (exact) mass is 425 g/mol. The Balaban J connectivity index is 1.40. The molecule has 0 amide bonds. The summed E-state index contributed by atoms with van der Waals surface area (Å²) in [4.78, 5) is 7.78. The molecule has 1 aliphatic heterocycles. The van der Waals surface area contributed by atoms with E-state index < -0.39 is 0 Å². The van der Waals surface area contributed by atoms with Crippen LogP contribution in [-0.2, 0) is 25.9 Å². The Morgan fingerprint density at radius 1 is 0.750 bits per heavy atom. The molecule has 3 aromatic rings. The third-order valence-electron chi connectivity index (χ3n) is 7.25. The fraction of sp³-hybridized carbons (Fsp3) is 0.379. The molecule has 0 bridgehead atoms. The van der Waals surface area contributed by atoms with Crippen LogP contribution in [0.3, 0.4) is 0 Å². The van der Waals surface area contributed by atoms with Gasteiger partial charge in [-0.25, -0.2) is 0 Å². The maximum Gasteiger partial charge on any atom is 0.0403 e. The molecule has 3 nitrogen and oxygen atoms in total. The van der Waals surface area contributed by atoms with E-state index in [1.54, 1.807) is 11.1 Å². The van der Waals surface area contributed by atoms with Crippen molar-refractivity contribution >= 4 is 5.69 Å². The zero-order valence-corrected chi connectivity index (χ0v) is 19.3. The van der Waals surface area contributed by atoms with Gasteiger partial charge in [0, 0.05) is 51.0 Å². The number of likely N-dealkylation sites (N-methyl/N-ethyl adjacent to an activating group) is 1. The molecule has 1 aliphatic carbocycles. The molecule has 1 heterocycles. The van der Waals surface area contributed by atoms with E-state index in [1.165, 1.54) is 29.7 Å². The summed E-state index contributed by atoms with van der Waals surface area (Å²) in [6.45, 7) is 6.59. The predicted octanol–water partition coefficient (Wildman–Crippen LogP) is 5.00. The average Bonchev–Trinajstić information content (AvgIpc) is 2.85. The van der Waals surface area contributed by atoms with Gasteiger partial charge in [-0.3, -0.25) is 4.90 Å². The molecule has 32 heavy (non-hydrogen) atoms. The van der Waals surface area contributed by atoms with Gasteiger partial charge in [0.2, 0.25) is 0 Å². The van der Waals surface area contributed by atoms with Crippen molar-refractivity contribution in [1.29, 1.82) is 0 Å². The van der Waals surface area contributed by atoms with Crippen molar-refractivity contribution in [2.45, 2.75) is 38.4 Å². The van der Waals surface area contributed by atoms with Crippen molar-refractivity contribution in [3.05, 3.63) is 101 Å². The Labute approximate surface area is 193 Å². The summed E-state index contributed by atoms with van der Waals surface area (Å²) in [7, 11) is 2.23. The molecule has 1 saturated heterocycles. The van der Waals surface area contributed by atoms with Gasteiger partial charge in [0.25, 0.3) is 0 Å². The van der Waals surface area contributed by atoms with Crippen molar-refractivity contribution in [2.24, 2.45) is 0 Å². The van der Waals surface area contributed by atoms with Crippen molar-refractivity contribution in [3.63, 3.8) is 0 Å². The lowest BCUT2D eigenvalue weighted by Crippen LogP contribution is -2.45. The fourth-order valence-electron chi connectivity index (χ4n) is 5.36. The van der Waals surface area contributed by atoms with Crippen LogP contribution in [0.15, 0.2) is 78.9 Å². The molecule has 1 atom stereocenters. The van der Waals surface area contributed by atoms with Crippen LogP contribution in [0.2, 0.25) is 0 Å². The molecule has 0 unspecified atom stereocenters. The largest absolute Gasteiger partial charge is 0.369 e. The lowest BCUT2D eigenvalue weighted by atomic mass is 9.85. The first-order valence-electron chi connectivity index (χ1n) is 12.1. The van der Waals surface area contributed by atoms with Gasteiger partial charge in [0.1, 0.15) is 0 Å². The summed E-state index contributed by atoms with van der Waals surface area (Å²) in [5.74, 6) is 0. The maximum atomic E-state index is 2.72. The van der Waals surface area contributed by atoms with Crippen LogP contribution in [-0.4, -0.2) is 49.1 Å². The van der Waals surface area contributed by atoms with Crippen molar-refractivity contribution in [1.82, 2.24) is 9.80 Å². The summed E-state index contributed by atoms with van der Waals surface area (Å²) in [5.41, 5.74) is 7.46. The van der Waals surface area contributed by atoms with E-state index in [0.717, 1.165) is 45.7 Å². The average molecular weight is 426 g/mol. The molecule has 0 aromatic heterocycles. The Morgan fingerprint density at radius 3 is 2.00 bits per heavy atom. The number of anilines is 1. The Kier molecular flexibility index (Phi) is 6.56. The van der Waals surface area contributed by atoms with Gasteiger partial charge in [-0.1, -0.05) is 72.8 Å². The predicted molar refractivity (Wildman–Crippen MR) is 134 cm³/mol. The zero-order chi connectivity index (χ0) is 21.8. The third kappa shape index (κ3) is 4.90.